The maximum Gasteiger partial charge on any atom is 0.253 e. The summed E-state index contributed by atoms with van der Waals surface area (Å²) in [6.07, 6.45) is 3.63. The summed E-state index contributed by atoms with van der Waals surface area (Å²) in [4.78, 5) is 19.9. The Kier molecular flexibility index (Phi) is 3.53. The van der Waals surface area contributed by atoms with Crippen LogP contribution < -0.4 is 0 Å². The highest BCUT2D eigenvalue weighted by atomic mass is 16.2. The lowest BCUT2D eigenvalue weighted by Crippen LogP contribution is -2.48. The van der Waals surface area contributed by atoms with Crippen molar-refractivity contribution in [3.8, 4) is 11.4 Å². The first kappa shape index (κ1) is 14.5. The molecule has 24 heavy (non-hydrogen) atoms. The summed E-state index contributed by atoms with van der Waals surface area (Å²) in [5, 5.41) is 11.9. The topological polar surface area (TPSA) is 76.8 Å². The smallest absolute Gasteiger partial charge is 0.253 e. The predicted molar refractivity (Wildman–Crippen MR) is 87.1 cm³/mol. The Balaban J connectivity index is 1.42. The van der Waals surface area contributed by atoms with Gasteiger partial charge in [0.2, 0.25) is 5.82 Å². The highest BCUT2D eigenvalue weighted by molar-refractivity contribution is 5.95. The zero-order chi connectivity index (χ0) is 16.5. The minimum absolute atomic E-state index is 0.0498. The van der Waals surface area contributed by atoms with E-state index in [-0.39, 0.29) is 5.91 Å². The van der Waals surface area contributed by atoms with Crippen molar-refractivity contribution in [3.63, 3.8) is 0 Å². The number of hydrogen-bond acceptors (Lipinski definition) is 5. The van der Waals surface area contributed by atoms with Gasteiger partial charge < -0.3 is 4.90 Å². The third-order valence-corrected chi connectivity index (χ3v) is 4.22. The molecule has 1 aliphatic heterocycles. The molecule has 1 saturated heterocycles. The molecule has 0 N–H and O–H groups in total. The SMILES string of the molecule is Cn1nnc(-c2ccc(C(=O)N3CC(c4cccnc4)C3)cc2)n1. The molecule has 0 radical (unpaired) electrons. The fourth-order valence-corrected chi connectivity index (χ4v) is 2.82. The van der Waals surface area contributed by atoms with Crippen LogP contribution in [-0.4, -0.2) is 49.1 Å². The monoisotopic (exact) mass is 320 g/mol. The molecule has 3 aromatic rings. The van der Waals surface area contributed by atoms with Gasteiger partial charge in [0.15, 0.2) is 0 Å². The summed E-state index contributed by atoms with van der Waals surface area (Å²) in [5.74, 6) is 0.983. The number of aryl methyl sites for hydroxylation is 1. The number of pyridine rings is 1. The molecule has 1 aromatic carbocycles. The summed E-state index contributed by atoms with van der Waals surface area (Å²) in [7, 11) is 1.72. The van der Waals surface area contributed by atoms with Crippen molar-refractivity contribution < 1.29 is 4.79 Å². The van der Waals surface area contributed by atoms with Crippen LogP contribution in [0.4, 0.5) is 0 Å². The fraction of sp³-hybridized carbons (Fsp3) is 0.235. The highest BCUT2D eigenvalue weighted by Gasteiger charge is 2.32. The third-order valence-electron chi connectivity index (χ3n) is 4.22. The van der Waals surface area contributed by atoms with E-state index in [0.29, 0.717) is 17.3 Å². The molecule has 120 valence electrons. The van der Waals surface area contributed by atoms with Gasteiger partial charge in [-0.05, 0) is 29.0 Å². The van der Waals surface area contributed by atoms with E-state index in [1.165, 1.54) is 10.4 Å². The van der Waals surface area contributed by atoms with Crippen molar-refractivity contribution in [1.29, 1.82) is 0 Å². The molecule has 4 rings (SSSR count). The predicted octanol–water partition coefficient (Wildman–Crippen LogP) is 1.51. The van der Waals surface area contributed by atoms with Gasteiger partial charge in [-0.1, -0.05) is 18.2 Å². The van der Waals surface area contributed by atoms with Crippen LogP contribution in [0, 0.1) is 0 Å². The first-order valence-corrected chi connectivity index (χ1v) is 7.74. The van der Waals surface area contributed by atoms with Crippen LogP contribution in [0.25, 0.3) is 11.4 Å². The second-order valence-corrected chi connectivity index (χ2v) is 5.87. The standard InChI is InChI=1S/C17H16N6O/c1-22-20-16(19-21-22)12-4-6-13(7-5-12)17(24)23-10-15(11-23)14-3-2-8-18-9-14/h2-9,15H,10-11H2,1H3. The minimum Gasteiger partial charge on any atom is -0.337 e. The van der Waals surface area contributed by atoms with Gasteiger partial charge in [-0.3, -0.25) is 9.78 Å². The summed E-state index contributed by atoms with van der Waals surface area (Å²) < 4.78 is 0. The second kappa shape index (κ2) is 5.84. The van der Waals surface area contributed by atoms with Crippen LogP contribution in [0.2, 0.25) is 0 Å². The molecule has 1 aliphatic rings. The molecule has 3 heterocycles. The maximum atomic E-state index is 12.5. The van der Waals surface area contributed by atoms with Gasteiger partial charge in [-0.2, -0.15) is 4.80 Å². The Bertz CT molecular complexity index is 852. The number of tetrazole rings is 1. The average Bonchev–Trinajstić information content (AvgIpc) is 3.01. The second-order valence-electron chi connectivity index (χ2n) is 5.87. The van der Waals surface area contributed by atoms with E-state index < -0.39 is 0 Å². The molecular weight excluding hydrogens is 304 g/mol. The number of carbonyl (C=O) groups excluding carboxylic acids is 1. The van der Waals surface area contributed by atoms with Crippen LogP contribution in [0.1, 0.15) is 21.8 Å². The van der Waals surface area contributed by atoms with E-state index in [1.54, 1.807) is 13.2 Å². The van der Waals surface area contributed by atoms with E-state index in [1.807, 2.05) is 41.4 Å². The zero-order valence-corrected chi connectivity index (χ0v) is 13.2. The van der Waals surface area contributed by atoms with E-state index in [9.17, 15) is 4.79 Å². The Morgan fingerprint density at radius 2 is 1.96 bits per heavy atom. The normalized spacial score (nSPS) is 14.5. The first-order valence-electron chi connectivity index (χ1n) is 7.74. The van der Waals surface area contributed by atoms with Gasteiger partial charge in [-0.15, -0.1) is 10.2 Å². The van der Waals surface area contributed by atoms with Gasteiger partial charge in [-0.25, -0.2) is 0 Å². The lowest BCUT2D eigenvalue weighted by Gasteiger charge is -2.39. The van der Waals surface area contributed by atoms with Crippen molar-refractivity contribution in [2.75, 3.05) is 13.1 Å². The van der Waals surface area contributed by atoms with Crippen LogP contribution in [0.15, 0.2) is 48.8 Å². The molecule has 7 heteroatoms. The van der Waals surface area contributed by atoms with Crippen LogP contribution >= 0.6 is 0 Å². The number of rotatable bonds is 3. The Hall–Kier alpha value is -3.09. The Morgan fingerprint density at radius 1 is 1.17 bits per heavy atom. The molecule has 7 nitrogen and oxygen atoms in total. The third kappa shape index (κ3) is 2.64. The number of amides is 1. The molecule has 0 saturated carbocycles. The molecule has 0 unspecified atom stereocenters. The number of aromatic nitrogens is 5. The van der Waals surface area contributed by atoms with E-state index in [2.05, 4.69) is 26.5 Å². The number of likely N-dealkylation sites (tertiary alicyclic amines) is 1. The van der Waals surface area contributed by atoms with Gasteiger partial charge in [0.25, 0.3) is 5.91 Å². The van der Waals surface area contributed by atoms with Crippen LogP contribution in [0.3, 0.4) is 0 Å². The molecule has 0 atom stereocenters. The Labute approximate surface area is 138 Å². The quantitative estimate of drug-likeness (QED) is 0.731. The number of hydrogen-bond donors (Lipinski definition) is 0. The summed E-state index contributed by atoms with van der Waals surface area (Å²) in [6, 6.07) is 11.3. The van der Waals surface area contributed by atoms with Crippen molar-refractivity contribution in [2.24, 2.45) is 7.05 Å². The van der Waals surface area contributed by atoms with Gasteiger partial charge in [0, 0.05) is 42.5 Å². The fourth-order valence-electron chi connectivity index (χ4n) is 2.82. The molecule has 0 bridgehead atoms. The maximum absolute atomic E-state index is 12.5. The molecule has 2 aromatic heterocycles. The molecule has 0 spiro atoms. The lowest BCUT2D eigenvalue weighted by molar-refractivity contribution is 0.0602. The number of nitrogens with zero attached hydrogens (tertiary/aromatic N) is 6. The van der Waals surface area contributed by atoms with E-state index >= 15 is 0 Å². The molecule has 1 amide bonds. The number of carbonyl (C=O) groups is 1. The largest absolute Gasteiger partial charge is 0.337 e. The van der Waals surface area contributed by atoms with Crippen LogP contribution in [-0.2, 0) is 7.05 Å². The Morgan fingerprint density at radius 3 is 2.58 bits per heavy atom. The van der Waals surface area contributed by atoms with E-state index in [4.69, 9.17) is 0 Å². The minimum atomic E-state index is 0.0498. The first-order chi connectivity index (χ1) is 11.7. The summed E-state index contributed by atoms with van der Waals surface area (Å²) >= 11 is 0. The van der Waals surface area contributed by atoms with Crippen molar-refractivity contribution in [1.82, 2.24) is 30.1 Å². The van der Waals surface area contributed by atoms with Gasteiger partial charge >= 0.3 is 0 Å². The van der Waals surface area contributed by atoms with Crippen molar-refractivity contribution in [3.05, 3.63) is 59.9 Å². The van der Waals surface area contributed by atoms with Crippen molar-refractivity contribution in [2.45, 2.75) is 5.92 Å². The average molecular weight is 320 g/mol. The molecular formula is C17H16N6O. The van der Waals surface area contributed by atoms with Gasteiger partial charge in [0.05, 0.1) is 7.05 Å². The van der Waals surface area contributed by atoms with Crippen molar-refractivity contribution >= 4 is 5.91 Å². The zero-order valence-electron chi connectivity index (χ0n) is 13.2. The highest BCUT2D eigenvalue weighted by Crippen LogP contribution is 2.28. The summed E-state index contributed by atoms with van der Waals surface area (Å²) in [5.41, 5.74) is 2.70. The van der Waals surface area contributed by atoms with Crippen LogP contribution in [0.5, 0.6) is 0 Å². The summed E-state index contributed by atoms with van der Waals surface area (Å²) in [6.45, 7) is 1.47. The molecule has 1 fully saturated rings. The van der Waals surface area contributed by atoms with E-state index in [0.717, 1.165) is 18.7 Å². The lowest BCUT2D eigenvalue weighted by atomic mass is 9.92. The van der Waals surface area contributed by atoms with Gasteiger partial charge in [0.1, 0.15) is 0 Å². The molecule has 0 aliphatic carbocycles. The number of benzene rings is 1.